The number of nitrogens with zero attached hydrogens (tertiary/aromatic N) is 3. The first-order valence-electron chi connectivity index (χ1n) is 9.08. The Hall–Kier alpha value is -1.14. The van der Waals surface area contributed by atoms with E-state index in [0.717, 1.165) is 58.5 Å². The van der Waals surface area contributed by atoms with Gasteiger partial charge in [0.05, 0.1) is 6.54 Å². The van der Waals surface area contributed by atoms with Gasteiger partial charge < -0.3 is 9.64 Å². The Morgan fingerprint density at radius 2 is 1.70 bits per heavy atom. The molecule has 0 aromatic rings. The molecule has 0 saturated carbocycles. The summed E-state index contributed by atoms with van der Waals surface area (Å²) in [6.45, 7) is 7.73. The number of amides is 1. The van der Waals surface area contributed by atoms with Crippen LogP contribution in [0.5, 0.6) is 0 Å². The molecule has 3 saturated heterocycles. The standard InChI is InChI=1S/C17H29N3O3/c1-14-12-15(17(22)23-14)19-10-8-18(9-11-19)13-16(21)20-6-4-2-3-5-7-20/h14-15H,2-13H2,1H3. The highest BCUT2D eigenvalue weighted by Crippen LogP contribution is 2.21. The van der Waals surface area contributed by atoms with E-state index in [0.29, 0.717) is 6.54 Å². The summed E-state index contributed by atoms with van der Waals surface area (Å²) in [4.78, 5) is 30.8. The van der Waals surface area contributed by atoms with Crippen LogP contribution < -0.4 is 0 Å². The Balaban J connectivity index is 1.43. The monoisotopic (exact) mass is 323 g/mol. The fourth-order valence-electron chi connectivity index (χ4n) is 3.88. The molecule has 0 radical (unpaired) electrons. The molecule has 0 aromatic carbocycles. The first-order valence-corrected chi connectivity index (χ1v) is 9.08. The van der Waals surface area contributed by atoms with Crippen molar-refractivity contribution in [2.24, 2.45) is 0 Å². The Morgan fingerprint density at radius 3 is 2.26 bits per heavy atom. The SMILES string of the molecule is CC1CC(N2CCN(CC(=O)N3CCCCCC3)CC2)C(=O)O1. The van der Waals surface area contributed by atoms with Gasteiger partial charge in [-0.25, -0.2) is 0 Å². The fourth-order valence-corrected chi connectivity index (χ4v) is 3.88. The zero-order valence-electron chi connectivity index (χ0n) is 14.2. The van der Waals surface area contributed by atoms with Gasteiger partial charge in [0.25, 0.3) is 0 Å². The van der Waals surface area contributed by atoms with E-state index >= 15 is 0 Å². The lowest BCUT2D eigenvalue weighted by atomic mass is 10.1. The quantitative estimate of drug-likeness (QED) is 0.716. The maximum atomic E-state index is 12.4. The van der Waals surface area contributed by atoms with Crippen LogP contribution in [0, 0.1) is 0 Å². The Bertz CT molecular complexity index is 427. The van der Waals surface area contributed by atoms with Gasteiger partial charge >= 0.3 is 5.97 Å². The van der Waals surface area contributed by atoms with Crippen molar-refractivity contribution in [3.8, 4) is 0 Å². The van der Waals surface area contributed by atoms with Gasteiger partial charge in [0.15, 0.2) is 0 Å². The normalized spacial score (nSPS) is 31.0. The third-order valence-corrected chi connectivity index (χ3v) is 5.31. The van der Waals surface area contributed by atoms with Crippen molar-refractivity contribution in [1.82, 2.24) is 14.7 Å². The molecule has 0 N–H and O–H groups in total. The number of esters is 1. The third kappa shape index (κ3) is 4.23. The fraction of sp³-hybridized carbons (Fsp3) is 0.882. The molecule has 6 nitrogen and oxygen atoms in total. The smallest absolute Gasteiger partial charge is 0.323 e. The molecule has 3 aliphatic heterocycles. The molecule has 2 atom stereocenters. The van der Waals surface area contributed by atoms with E-state index in [-0.39, 0.29) is 24.0 Å². The van der Waals surface area contributed by atoms with Crippen LogP contribution in [0.2, 0.25) is 0 Å². The van der Waals surface area contributed by atoms with Gasteiger partial charge in [0, 0.05) is 45.7 Å². The molecule has 3 aliphatic rings. The zero-order valence-corrected chi connectivity index (χ0v) is 14.2. The number of cyclic esters (lactones) is 1. The predicted molar refractivity (Wildman–Crippen MR) is 87.0 cm³/mol. The lowest BCUT2D eigenvalue weighted by Crippen LogP contribution is -2.53. The summed E-state index contributed by atoms with van der Waals surface area (Å²) in [5, 5.41) is 0. The Kier molecular flexibility index (Phi) is 5.54. The highest BCUT2D eigenvalue weighted by molar-refractivity contribution is 5.78. The van der Waals surface area contributed by atoms with Crippen molar-refractivity contribution >= 4 is 11.9 Å². The van der Waals surface area contributed by atoms with Crippen molar-refractivity contribution in [2.75, 3.05) is 45.8 Å². The second-order valence-corrected chi connectivity index (χ2v) is 7.11. The van der Waals surface area contributed by atoms with Crippen molar-refractivity contribution in [3.63, 3.8) is 0 Å². The summed E-state index contributed by atoms with van der Waals surface area (Å²) in [7, 11) is 0. The average Bonchev–Trinajstić information content (AvgIpc) is 2.75. The van der Waals surface area contributed by atoms with Crippen LogP contribution >= 0.6 is 0 Å². The molecule has 0 bridgehead atoms. The molecule has 0 aliphatic carbocycles. The zero-order chi connectivity index (χ0) is 16.2. The molecule has 1 amide bonds. The van der Waals surface area contributed by atoms with Gasteiger partial charge in [0.2, 0.25) is 5.91 Å². The molecule has 3 heterocycles. The number of likely N-dealkylation sites (tertiary alicyclic amines) is 1. The van der Waals surface area contributed by atoms with Crippen LogP contribution in [-0.4, -0.2) is 84.5 Å². The van der Waals surface area contributed by atoms with E-state index in [1.165, 1.54) is 12.8 Å². The summed E-state index contributed by atoms with van der Waals surface area (Å²) in [5.41, 5.74) is 0. The minimum atomic E-state index is -0.0772. The molecular formula is C17H29N3O3. The van der Waals surface area contributed by atoms with Crippen molar-refractivity contribution in [3.05, 3.63) is 0 Å². The third-order valence-electron chi connectivity index (χ3n) is 5.31. The number of rotatable bonds is 3. The van der Waals surface area contributed by atoms with E-state index in [9.17, 15) is 9.59 Å². The number of carbonyl (C=O) groups is 2. The predicted octanol–water partition coefficient (Wildman–Crippen LogP) is 0.711. The molecule has 0 aromatic heterocycles. The summed E-state index contributed by atoms with van der Waals surface area (Å²) in [6, 6.07) is -0.0755. The van der Waals surface area contributed by atoms with Crippen molar-refractivity contribution in [1.29, 1.82) is 0 Å². The summed E-state index contributed by atoms with van der Waals surface area (Å²) in [5.74, 6) is 0.195. The van der Waals surface area contributed by atoms with Gasteiger partial charge in [-0.05, 0) is 19.8 Å². The summed E-state index contributed by atoms with van der Waals surface area (Å²) >= 11 is 0. The molecule has 6 heteroatoms. The molecular weight excluding hydrogens is 294 g/mol. The summed E-state index contributed by atoms with van der Waals surface area (Å²) < 4.78 is 5.25. The molecule has 23 heavy (non-hydrogen) atoms. The molecule has 3 rings (SSSR count). The van der Waals surface area contributed by atoms with Crippen molar-refractivity contribution < 1.29 is 14.3 Å². The summed E-state index contributed by atoms with van der Waals surface area (Å²) in [6.07, 6.45) is 5.61. The minimum Gasteiger partial charge on any atom is -0.461 e. The van der Waals surface area contributed by atoms with Gasteiger partial charge in [-0.3, -0.25) is 19.4 Å². The highest BCUT2D eigenvalue weighted by atomic mass is 16.6. The number of carbonyl (C=O) groups excluding carboxylic acids is 2. The number of hydrogen-bond acceptors (Lipinski definition) is 5. The van der Waals surface area contributed by atoms with Crippen LogP contribution in [0.25, 0.3) is 0 Å². The topological polar surface area (TPSA) is 53.1 Å². The van der Waals surface area contributed by atoms with E-state index < -0.39 is 0 Å². The van der Waals surface area contributed by atoms with Crippen LogP contribution in [0.3, 0.4) is 0 Å². The maximum Gasteiger partial charge on any atom is 0.323 e. The number of piperazine rings is 1. The Morgan fingerprint density at radius 1 is 1.04 bits per heavy atom. The van der Waals surface area contributed by atoms with Gasteiger partial charge in [-0.2, -0.15) is 0 Å². The maximum absolute atomic E-state index is 12.4. The number of ether oxygens (including phenoxy) is 1. The van der Waals surface area contributed by atoms with Crippen LogP contribution in [-0.2, 0) is 14.3 Å². The minimum absolute atomic E-state index is 0.0372. The van der Waals surface area contributed by atoms with E-state index in [1.807, 2.05) is 11.8 Å². The van der Waals surface area contributed by atoms with E-state index in [4.69, 9.17) is 4.74 Å². The lowest BCUT2D eigenvalue weighted by molar-refractivity contribution is -0.145. The van der Waals surface area contributed by atoms with Gasteiger partial charge in [0.1, 0.15) is 12.1 Å². The first-order chi connectivity index (χ1) is 11.1. The molecule has 0 spiro atoms. The highest BCUT2D eigenvalue weighted by Gasteiger charge is 2.37. The average molecular weight is 323 g/mol. The number of hydrogen-bond donors (Lipinski definition) is 0. The second-order valence-electron chi connectivity index (χ2n) is 7.11. The molecule has 130 valence electrons. The second kappa shape index (κ2) is 7.62. The van der Waals surface area contributed by atoms with E-state index in [2.05, 4.69) is 9.80 Å². The van der Waals surface area contributed by atoms with Crippen molar-refractivity contribution in [2.45, 2.75) is 51.2 Å². The van der Waals surface area contributed by atoms with E-state index in [1.54, 1.807) is 0 Å². The molecule has 3 fully saturated rings. The van der Waals surface area contributed by atoms with Gasteiger partial charge in [-0.15, -0.1) is 0 Å². The van der Waals surface area contributed by atoms with Crippen LogP contribution in [0.4, 0.5) is 0 Å². The lowest BCUT2D eigenvalue weighted by Gasteiger charge is -2.37. The largest absolute Gasteiger partial charge is 0.461 e. The molecule has 2 unspecified atom stereocenters. The van der Waals surface area contributed by atoms with Crippen LogP contribution in [0.15, 0.2) is 0 Å². The first kappa shape index (κ1) is 16.7. The Labute approximate surface area is 138 Å². The van der Waals surface area contributed by atoms with Crippen LogP contribution in [0.1, 0.15) is 39.0 Å². The van der Waals surface area contributed by atoms with Gasteiger partial charge in [-0.1, -0.05) is 12.8 Å².